The number of hydrogen-bond acceptors (Lipinski definition) is 3. The molecule has 0 fully saturated rings. The summed E-state index contributed by atoms with van der Waals surface area (Å²) in [5.74, 6) is 0.0575. The summed E-state index contributed by atoms with van der Waals surface area (Å²) in [5.41, 5.74) is 6.96. The summed E-state index contributed by atoms with van der Waals surface area (Å²) in [6, 6.07) is 6.03. The van der Waals surface area contributed by atoms with Crippen LogP contribution in [0.3, 0.4) is 0 Å². The summed E-state index contributed by atoms with van der Waals surface area (Å²) in [5, 5.41) is 0. The van der Waals surface area contributed by atoms with E-state index < -0.39 is 0 Å². The molecule has 0 radical (unpaired) electrons. The van der Waals surface area contributed by atoms with Gasteiger partial charge in [0.25, 0.3) is 0 Å². The van der Waals surface area contributed by atoms with Crippen LogP contribution in [0.4, 0.5) is 10.2 Å². The van der Waals surface area contributed by atoms with Crippen LogP contribution in [-0.4, -0.2) is 9.97 Å². The van der Waals surface area contributed by atoms with Gasteiger partial charge in [0, 0.05) is 5.56 Å². The predicted octanol–water partition coefficient (Wildman–Crippen LogP) is 2.63. The van der Waals surface area contributed by atoms with Crippen LogP contribution in [0.1, 0.15) is 0 Å². The van der Waals surface area contributed by atoms with Gasteiger partial charge < -0.3 is 5.73 Å². The van der Waals surface area contributed by atoms with E-state index in [-0.39, 0.29) is 5.82 Å². The standard InChI is InChI=1S/C10H7BrFN3/c11-9-10(13)14-5-8(15-9)6-1-3-7(12)4-2-6/h1-5H,(H2,13,14). The number of anilines is 1. The number of nitrogens with two attached hydrogens (primary N) is 1. The number of nitrogen functional groups attached to an aromatic ring is 1. The first-order valence-electron chi connectivity index (χ1n) is 4.21. The highest BCUT2D eigenvalue weighted by atomic mass is 79.9. The molecule has 1 aromatic carbocycles. The van der Waals surface area contributed by atoms with E-state index in [0.717, 1.165) is 5.56 Å². The molecular weight excluding hydrogens is 261 g/mol. The van der Waals surface area contributed by atoms with Crippen LogP contribution in [0.15, 0.2) is 35.1 Å². The van der Waals surface area contributed by atoms with E-state index in [0.29, 0.717) is 16.1 Å². The van der Waals surface area contributed by atoms with Crippen LogP contribution in [-0.2, 0) is 0 Å². The molecule has 1 aromatic heterocycles. The van der Waals surface area contributed by atoms with Gasteiger partial charge in [-0.15, -0.1) is 0 Å². The van der Waals surface area contributed by atoms with E-state index in [2.05, 4.69) is 25.9 Å². The molecule has 2 aromatic rings. The second-order valence-corrected chi connectivity index (χ2v) is 3.69. The highest BCUT2D eigenvalue weighted by molar-refractivity contribution is 9.10. The maximum Gasteiger partial charge on any atom is 0.156 e. The molecule has 0 aliphatic carbocycles. The van der Waals surface area contributed by atoms with Crippen molar-refractivity contribution in [1.29, 1.82) is 0 Å². The zero-order chi connectivity index (χ0) is 10.8. The van der Waals surface area contributed by atoms with Crippen molar-refractivity contribution in [3.8, 4) is 11.3 Å². The van der Waals surface area contributed by atoms with E-state index in [9.17, 15) is 4.39 Å². The van der Waals surface area contributed by atoms with Gasteiger partial charge in [0.1, 0.15) is 10.4 Å². The normalized spacial score (nSPS) is 10.3. The highest BCUT2D eigenvalue weighted by Crippen LogP contribution is 2.21. The monoisotopic (exact) mass is 267 g/mol. The van der Waals surface area contributed by atoms with Gasteiger partial charge in [-0.2, -0.15) is 0 Å². The number of benzene rings is 1. The Balaban J connectivity index is 2.45. The lowest BCUT2D eigenvalue weighted by molar-refractivity contribution is 0.628. The van der Waals surface area contributed by atoms with E-state index in [1.54, 1.807) is 18.3 Å². The van der Waals surface area contributed by atoms with E-state index in [4.69, 9.17) is 5.73 Å². The van der Waals surface area contributed by atoms with E-state index in [1.165, 1.54) is 12.1 Å². The summed E-state index contributed by atoms with van der Waals surface area (Å²) in [6.45, 7) is 0. The SMILES string of the molecule is Nc1ncc(-c2ccc(F)cc2)nc1Br. The van der Waals surface area contributed by atoms with Crippen molar-refractivity contribution < 1.29 is 4.39 Å². The van der Waals surface area contributed by atoms with Crippen LogP contribution >= 0.6 is 15.9 Å². The van der Waals surface area contributed by atoms with Crippen molar-refractivity contribution in [3.05, 3.63) is 40.9 Å². The third kappa shape index (κ3) is 2.12. The van der Waals surface area contributed by atoms with Crippen molar-refractivity contribution in [2.45, 2.75) is 0 Å². The van der Waals surface area contributed by atoms with Crippen molar-refractivity contribution in [2.24, 2.45) is 0 Å². The first-order valence-corrected chi connectivity index (χ1v) is 5.00. The molecule has 76 valence electrons. The van der Waals surface area contributed by atoms with Crippen molar-refractivity contribution >= 4 is 21.7 Å². The first kappa shape index (κ1) is 10.0. The summed E-state index contributed by atoms with van der Waals surface area (Å²) in [4.78, 5) is 8.13. The van der Waals surface area contributed by atoms with Crippen molar-refractivity contribution in [2.75, 3.05) is 5.73 Å². The zero-order valence-electron chi connectivity index (χ0n) is 7.61. The molecule has 0 bridgehead atoms. The van der Waals surface area contributed by atoms with Crippen molar-refractivity contribution in [3.63, 3.8) is 0 Å². The molecule has 0 aliphatic rings. The van der Waals surface area contributed by atoms with Crippen LogP contribution < -0.4 is 5.73 Å². The Morgan fingerprint density at radius 2 is 1.87 bits per heavy atom. The van der Waals surface area contributed by atoms with Gasteiger partial charge in [-0.05, 0) is 40.2 Å². The molecule has 3 nitrogen and oxygen atoms in total. The minimum Gasteiger partial charge on any atom is -0.381 e. The number of nitrogens with zero attached hydrogens (tertiary/aromatic N) is 2. The largest absolute Gasteiger partial charge is 0.381 e. The third-order valence-electron chi connectivity index (χ3n) is 1.90. The van der Waals surface area contributed by atoms with Crippen LogP contribution in [0.5, 0.6) is 0 Å². The molecule has 15 heavy (non-hydrogen) atoms. The lowest BCUT2D eigenvalue weighted by atomic mass is 10.2. The minimum absolute atomic E-state index is 0.277. The Morgan fingerprint density at radius 1 is 1.20 bits per heavy atom. The van der Waals surface area contributed by atoms with Gasteiger partial charge >= 0.3 is 0 Å². The van der Waals surface area contributed by atoms with Gasteiger partial charge in [0.15, 0.2) is 5.82 Å². The molecule has 0 atom stereocenters. The Kier molecular flexibility index (Phi) is 2.64. The Bertz CT molecular complexity index is 485. The van der Waals surface area contributed by atoms with E-state index >= 15 is 0 Å². The molecule has 0 amide bonds. The van der Waals surface area contributed by atoms with Crippen LogP contribution in [0.2, 0.25) is 0 Å². The van der Waals surface area contributed by atoms with Gasteiger partial charge in [-0.1, -0.05) is 0 Å². The van der Waals surface area contributed by atoms with E-state index in [1.807, 2.05) is 0 Å². The number of hydrogen-bond donors (Lipinski definition) is 1. The molecule has 1 heterocycles. The molecular formula is C10H7BrFN3. The van der Waals surface area contributed by atoms with Gasteiger partial charge in [-0.3, -0.25) is 0 Å². The molecule has 0 saturated carbocycles. The summed E-state index contributed by atoms with van der Waals surface area (Å²) in [7, 11) is 0. The van der Waals surface area contributed by atoms with Crippen LogP contribution in [0, 0.1) is 5.82 Å². The fourth-order valence-electron chi connectivity index (χ4n) is 1.14. The fraction of sp³-hybridized carbons (Fsp3) is 0. The quantitative estimate of drug-likeness (QED) is 0.864. The molecule has 2 N–H and O–H groups in total. The fourth-order valence-corrected chi connectivity index (χ4v) is 1.43. The Labute approximate surface area is 94.3 Å². The maximum absolute atomic E-state index is 12.7. The summed E-state index contributed by atoms with van der Waals surface area (Å²) in [6.07, 6.45) is 1.55. The molecule has 0 unspecified atom stereocenters. The first-order chi connectivity index (χ1) is 7.16. The molecule has 5 heteroatoms. The smallest absolute Gasteiger partial charge is 0.156 e. The predicted molar refractivity (Wildman–Crippen MR) is 59.5 cm³/mol. The molecule has 0 saturated heterocycles. The second-order valence-electron chi connectivity index (χ2n) is 2.94. The topological polar surface area (TPSA) is 51.8 Å². The number of halogens is 2. The van der Waals surface area contributed by atoms with Gasteiger partial charge in [0.05, 0.1) is 11.9 Å². The lowest BCUT2D eigenvalue weighted by Gasteiger charge is -2.02. The maximum atomic E-state index is 12.7. The second kappa shape index (κ2) is 3.94. The molecule has 0 aliphatic heterocycles. The minimum atomic E-state index is -0.277. The zero-order valence-corrected chi connectivity index (χ0v) is 9.20. The summed E-state index contributed by atoms with van der Waals surface area (Å²) < 4.78 is 13.2. The van der Waals surface area contributed by atoms with Crippen molar-refractivity contribution in [1.82, 2.24) is 9.97 Å². The van der Waals surface area contributed by atoms with Gasteiger partial charge in [-0.25, -0.2) is 14.4 Å². The Morgan fingerprint density at radius 3 is 2.47 bits per heavy atom. The lowest BCUT2D eigenvalue weighted by Crippen LogP contribution is -1.95. The molecule has 0 spiro atoms. The third-order valence-corrected chi connectivity index (χ3v) is 2.48. The number of rotatable bonds is 1. The molecule has 2 rings (SSSR count). The van der Waals surface area contributed by atoms with Crippen LogP contribution in [0.25, 0.3) is 11.3 Å². The highest BCUT2D eigenvalue weighted by Gasteiger charge is 2.03. The Hall–Kier alpha value is -1.49. The average molecular weight is 268 g/mol. The van der Waals surface area contributed by atoms with Gasteiger partial charge in [0.2, 0.25) is 0 Å². The summed E-state index contributed by atoms with van der Waals surface area (Å²) >= 11 is 3.19. The average Bonchev–Trinajstić information content (AvgIpc) is 2.23. The number of aromatic nitrogens is 2.